The zero-order valence-corrected chi connectivity index (χ0v) is 22.3. The standard InChI is InChI=1S/C23H27N7O2S.C2HF3O2/c1-33(31,32)14-16-9-19(6-7-20(16)15-3-2-8-25-12-15)27-21-10-22(28-18-4-5-18)30-23(29-21)17(11-24)13-26-30;3-2(4,5)1(6)7/h6-7,9-10,13,15,18,25,28H,2-5,8,12,14H2,1H3,(H,27,29);(H,6,7)/t15-;/m0./s1. The first-order chi connectivity index (χ1) is 18.8. The summed E-state index contributed by atoms with van der Waals surface area (Å²) in [5.74, 6) is -1.12. The van der Waals surface area contributed by atoms with Crippen LogP contribution in [0.1, 0.15) is 48.3 Å². The van der Waals surface area contributed by atoms with Crippen molar-refractivity contribution >= 4 is 38.8 Å². The van der Waals surface area contributed by atoms with Crippen LogP contribution in [0.3, 0.4) is 0 Å². The van der Waals surface area contributed by atoms with E-state index in [9.17, 15) is 26.9 Å². The van der Waals surface area contributed by atoms with Gasteiger partial charge in [0, 0.05) is 30.6 Å². The van der Waals surface area contributed by atoms with Crippen LogP contribution in [-0.4, -0.2) is 65.7 Å². The molecule has 1 atom stereocenters. The molecule has 2 aromatic heterocycles. The first-order valence-corrected chi connectivity index (χ1v) is 14.5. The van der Waals surface area contributed by atoms with E-state index in [2.05, 4.69) is 32.1 Å². The number of rotatable bonds is 7. The number of sulfone groups is 1. The summed E-state index contributed by atoms with van der Waals surface area (Å²) < 4.78 is 57.7. The van der Waals surface area contributed by atoms with Crippen molar-refractivity contribution in [1.29, 1.82) is 5.26 Å². The third kappa shape index (κ3) is 7.60. The molecule has 2 aliphatic rings. The van der Waals surface area contributed by atoms with E-state index < -0.39 is 22.0 Å². The highest BCUT2D eigenvalue weighted by Crippen LogP contribution is 2.32. The van der Waals surface area contributed by atoms with Crippen molar-refractivity contribution in [3.63, 3.8) is 0 Å². The largest absolute Gasteiger partial charge is 0.490 e. The number of halogens is 3. The summed E-state index contributed by atoms with van der Waals surface area (Å²) in [6.45, 7) is 1.86. The molecule has 0 bridgehead atoms. The van der Waals surface area contributed by atoms with Gasteiger partial charge in [-0.15, -0.1) is 0 Å². The van der Waals surface area contributed by atoms with Gasteiger partial charge in [0.05, 0.1) is 11.9 Å². The van der Waals surface area contributed by atoms with Crippen molar-refractivity contribution in [3.05, 3.63) is 47.2 Å². The van der Waals surface area contributed by atoms with Gasteiger partial charge in [-0.3, -0.25) is 0 Å². The van der Waals surface area contributed by atoms with Crippen LogP contribution in [0, 0.1) is 11.3 Å². The third-order valence-corrected chi connectivity index (χ3v) is 7.17. The van der Waals surface area contributed by atoms with Crippen LogP contribution in [0.25, 0.3) is 5.65 Å². The molecule has 0 radical (unpaired) electrons. The number of nitriles is 1. The summed E-state index contributed by atoms with van der Waals surface area (Å²) in [6, 6.07) is 10.3. The number of piperidine rings is 1. The number of hydrogen-bond donors (Lipinski definition) is 4. The van der Waals surface area contributed by atoms with E-state index in [-0.39, 0.29) is 5.75 Å². The average molecular weight is 580 g/mol. The number of fused-ring (bicyclic) bond motifs is 1. The molecular weight excluding hydrogens is 551 g/mol. The molecule has 40 heavy (non-hydrogen) atoms. The number of benzene rings is 1. The second kappa shape index (κ2) is 11.7. The zero-order valence-electron chi connectivity index (χ0n) is 21.5. The van der Waals surface area contributed by atoms with E-state index in [0.717, 1.165) is 61.4 Å². The summed E-state index contributed by atoms with van der Waals surface area (Å²) in [4.78, 5) is 13.5. The van der Waals surface area contributed by atoms with Crippen molar-refractivity contribution in [2.24, 2.45) is 0 Å². The fourth-order valence-corrected chi connectivity index (χ4v) is 5.21. The Hall–Kier alpha value is -3.90. The van der Waals surface area contributed by atoms with Crippen LogP contribution in [0.2, 0.25) is 0 Å². The van der Waals surface area contributed by atoms with Crippen molar-refractivity contribution in [1.82, 2.24) is 19.9 Å². The first kappa shape index (κ1) is 29.1. The lowest BCUT2D eigenvalue weighted by atomic mass is 9.88. The lowest BCUT2D eigenvalue weighted by Gasteiger charge is -2.25. The molecule has 214 valence electrons. The van der Waals surface area contributed by atoms with Gasteiger partial charge in [-0.2, -0.15) is 28.0 Å². The maximum atomic E-state index is 12.1. The van der Waals surface area contributed by atoms with Gasteiger partial charge >= 0.3 is 12.1 Å². The van der Waals surface area contributed by atoms with Crippen LogP contribution in [0.4, 0.5) is 30.5 Å². The molecule has 5 rings (SSSR count). The maximum absolute atomic E-state index is 12.1. The number of aliphatic carboxylic acids is 1. The van der Waals surface area contributed by atoms with Crippen molar-refractivity contribution < 1.29 is 31.5 Å². The summed E-state index contributed by atoms with van der Waals surface area (Å²) in [6.07, 6.45) is 2.03. The predicted molar refractivity (Wildman–Crippen MR) is 141 cm³/mol. The summed E-state index contributed by atoms with van der Waals surface area (Å²) >= 11 is 0. The normalized spacial score (nSPS) is 17.4. The number of anilines is 3. The average Bonchev–Trinajstić information content (AvgIpc) is 3.59. The van der Waals surface area contributed by atoms with Crippen LogP contribution in [0.15, 0.2) is 30.5 Å². The van der Waals surface area contributed by atoms with Crippen LogP contribution < -0.4 is 16.0 Å². The van der Waals surface area contributed by atoms with Crippen LogP contribution in [-0.2, 0) is 20.4 Å². The van der Waals surface area contributed by atoms with Gasteiger partial charge in [0.2, 0.25) is 0 Å². The number of carboxylic acid groups (broad SMARTS) is 1. The number of hydrogen-bond acceptors (Lipinski definition) is 9. The molecule has 3 aromatic rings. The molecule has 0 amide bonds. The topological polar surface area (TPSA) is 162 Å². The van der Waals surface area contributed by atoms with Gasteiger partial charge in [0.15, 0.2) is 15.5 Å². The molecule has 3 heterocycles. The second-order valence-electron chi connectivity index (χ2n) is 9.81. The fourth-order valence-electron chi connectivity index (χ4n) is 4.40. The molecule has 0 spiro atoms. The van der Waals surface area contributed by atoms with E-state index in [1.807, 2.05) is 24.3 Å². The minimum absolute atomic E-state index is 0.00347. The molecule has 1 aromatic carbocycles. The van der Waals surface area contributed by atoms with Gasteiger partial charge in [0.1, 0.15) is 23.3 Å². The Bertz CT molecular complexity index is 1540. The SMILES string of the molecule is CS(=O)(=O)Cc1cc(Nc2cc(NC3CC3)n3ncc(C#N)c3n2)ccc1[C@H]1CCCNC1.O=C(O)C(F)(F)F. The molecule has 0 unspecified atom stereocenters. The van der Waals surface area contributed by atoms with Gasteiger partial charge in [-0.05, 0) is 61.4 Å². The highest BCUT2D eigenvalue weighted by molar-refractivity contribution is 7.89. The minimum atomic E-state index is -5.08. The summed E-state index contributed by atoms with van der Waals surface area (Å²) in [5.41, 5.74) is 3.53. The molecule has 2 fully saturated rings. The van der Waals surface area contributed by atoms with Gasteiger partial charge in [-0.1, -0.05) is 6.07 Å². The highest BCUT2D eigenvalue weighted by Gasteiger charge is 2.38. The number of carboxylic acids is 1. The molecular formula is C25H28F3N7O4S. The molecule has 11 nitrogen and oxygen atoms in total. The van der Waals surface area contributed by atoms with E-state index >= 15 is 0 Å². The smallest absolute Gasteiger partial charge is 0.475 e. The van der Waals surface area contributed by atoms with E-state index in [1.54, 1.807) is 4.52 Å². The van der Waals surface area contributed by atoms with Gasteiger partial charge in [-0.25, -0.2) is 18.2 Å². The summed E-state index contributed by atoms with van der Waals surface area (Å²) in [5, 5.41) is 31.0. The fraction of sp³-hybridized carbons (Fsp3) is 0.440. The van der Waals surface area contributed by atoms with E-state index in [1.165, 1.54) is 12.5 Å². The number of aromatic nitrogens is 3. The Balaban J connectivity index is 0.000000470. The Morgan fingerprint density at radius 2 is 2.00 bits per heavy atom. The molecule has 4 N–H and O–H groups in total. The Morgan fingerprint density at radius 3 is 2.58 bits per heavy atom. The van der Waals surface area contributed by atoms with E-state index in [4.69, 9.17) is 9.90 Å². The predicted octanol–water partition coefficient (Wildman–Crippen LogP) is 3.56. The van der Waals surface area contributed by atoms with Crippen LogP contribution in [0.5, 0.6) is 0 Å². The molecule has 1 aliphatic carbocycles. The van der Waals surface area contributed by atoms with Gasteiger partial charge in [0.25, 0.3) is 0 Å². The Morgan fingerprint density at radius 1 is 1.27 bits per heavy atom. The maximum Gasteiger partial charge on any atom is 0.490 e. The third-order valence-electron chi connectivity index (χ3n) is 6.33. The Labute approximate surface area is 228 Å². The highest BCUT2D eigenvalue weighted by atomic mass is 32.2. The van der Waals surface area contributed by atoms with E-state index in [0.29, 0.717) is 29.0 Å². The number of carbonyl (C=O) groups is 1. The lowest BCUT2D eigenvalue weighted by molar-refractivity contribution is -0.192. The lowest BCUT2D eigenvalue weighted by Crippen LogP contribution is -2.29. The molecule has 1 saturated heterocycles. The number of alkyl halides is 3. The molecule has 15 heteroatoms. The first-order valence-electron chi connectivity index (χ1n) is 12.5. The molecule has 1 aliphatic heterocycles. The monoisotopic (exact) mass is 579 g/mol. The number of nitrogens with one attached hydrogen (secondary N) is 3. The molecule has 1 saturated carbocycles. The van der Waals surface area contributed by atoms with Crippen molar-refractivity contribution in [3.8, 4) is 6.07 Å². The van der Waals surface area contributed by atoms with Gasteiger partial charge < -0.3 is 21.1 Å². The zero-order chi connectivity index (χ0) is 29.1. The quantitative estimate of drug-likeness (QED) is 0.326. The van der Waals surface area contributed by atoms with Crippen molar-refractivity contribution in [2.45, 2.75) is 49.6 Å². The summed E-state index contributed by atoms with van der Waals surface area (Å²) in [7, 11) is -3.19. The second-order valence-corrected chi connectivity index (χ2v) is 11.9. The van der Waals surface area contributed by atoms with Crippen molar-refractivity contribution in [2.75, 3.05) is 30.0 Å². The Kier molecular flexibility index (Phi) is 8.50. The number of nitrogens with zero attached hydrogens (tertiary/aromatic N) is 4. The minimum Gasteiger partial charge on any atom is -0.475 e. The van der Waals surface area contributed by atoms with Crippen LogP contribution >= 0.6 is 0 Å².